The normalized spacial score (nSPS) is 10.8. The summed E-state index contributed by atoms with van der Waals surface area (Å²) in [5, 5.41) is 11.4. The Morgan fingerprint density at radius 2 is 1.48 bits per heavy atom. The van der Waals surface area contributed by atoms with Gasteiger partial charge in [0.1, 0.15) is 5.82 Å². The van der Waals surface area contributed by atoms with Gasteiger partial charge in [0.05, 0.1) is 17.4 Å². The minimum Gasteiger partial charge on any atom is -0.322 e. The van der Waals surface area contributed by atoms with Gasteiger partial charge in [0, 0.05) is 16.9 Å². The second-order valence-electron chi connectivity index (χ2n) is 6.12. The number of nitriles is 1. The van der Waals surface area contributed by atoms with Crippen LogP contribution >= 0.6 is 0 Å². The molecule has 2 N–H and O–H groups in total. The van der Waals surface area contributed by atoms with Gasteiger partial charge in [0.15, 0.2) is 0 Å². The van der Waals surface area contributed by atoms with Crippen LogP contribution in [0.3, 0.4) is 0 Å². The zero-order valence-corrected chi connectivity index (χ0v) is 15.9. The van der Waals surface area contributed by atoms with Gasteiger partial charge in [-0.15, -0.1) is 0 Å². The Kier molecular flexibility index (Phi) is 5.90. The average molecular weight is 409 g/mol. The molecule has 8 heteroatoms. The summed E-state index contributed by atoms with van der Waals surface area (Å²) in [5.74, 6) is -0.864. The number of hydrogen-bond acceptors (Lipinski definition) is 4. The molecule has 0 saturated heterocycles. The number of hydrogen-bond donors (Lipinski definition) is 2. The Balaban J connectivity index is 1.69. The van der Waals surface area contributed by atoms with E-state index in [0.29, 0.717) is 5.69 Å². The van der Waals surface area contributed by atoms with Crippen LogP contribution in [0, 0.1) is 17.1 Å². The fourth-order valence-electron chi connectivity index (χ4n) is 2.52. The molecular weight excluding hydrogens is 393 g/mol. The lowest BCUT2D eigenvalue weighted by atomic mass is 10.1. The van der Waals surface area contributed by atoms with Crippen LogP contribution in [0.1, 0.15) is 15.9 Å². The number of anilines is 2. The SMILES string of the molecule is N#CCc1ccc(NC(=O)c2ccc(S(=O)(=O)Nc3ccc(F)cc3)cc2)cc1. The van der Waals surface area contributed by atoms with Gasteiger partial charge in [0.25, 0.3) is 15.9 Å². The molecule has 1 amide bonds. The highest BCUT2D eigenvalue weighted by atomic mass is 32.2. The van der Waals surface area contributed by atoms with E-state index in [2.05, 4.69) is 10.0 Å². The molecule has 0 spiro atoms. The Bertz CT molecular complexity index is 1150. The van der Waals surface area contributed by atoms with Crippen LogP contribution in [0.15, 0.2) is 77.7 Å². The van der Waals surface area contributed by atoms with Crippen LogP contribution in [-0.2, 0) is 16.4 Å². The lowest BCUT2D eigenvalue weighted by Gasteiger charge is -2.09. The van der Waals surface area contributed by atoms with E-state index < -0.39 is 21.7 Å². The summed E-state index contributed by atoms with van der Waals surface area (Å²) in [6.07, 6.45) is 0.288. The van der Waals surface area contributed by atoms with Gasteiger partial charge in [-0.1, -0.05) is 12.1 Å². The van der Waals surface area contributed by atoms with Gasteiger partial charge < -0.3 is 5.32 Å². The van der Waals surface area contributed by atoms with E-state index in [-0.39, 0.29) is 22.6 Å². The molecule has 29 heavy (non-hydrogen) atoms. The number of amides is 1. The molecule has 6 nitrogen and oxygen atoms in total. The molecule has 3 aromatic carbocycles. The van der Waals surface area contributed by atoms with Crippen molar-refractivity contribution in [1.29, 1.82) is 5.26 Å². The highest BCUT2D eigenvalue weighted by Gasteiger charge is 2.15. The average Bonchev–Trinajstić information content (AvgIpc) is 2.71. The monoisotopic (exact) mass is 409 g/mol. The molecule has 0 radical (unpaired) electrons. The number of carbonyl (C=O) groups is 1. The maximum atomic E-state index is 12.9. The summed E-state index contributed by atoms with van der Waals surface area (Å²) in [5.41, 5.74) is 1.92. The zero-order chi connectivity index (χ0) is 20.9. The largest absolute Gasteiger partial charge is 0.322 e. The van der Waals surface area contributed by atoms with Crippen molar-refractivity contribution in [3.05, 3.63) is 89.7 Å². The maximum Gasteiger partial charge on any atom is 0.261 e. The number of carbonyl (C=O) groups excluding carboxylic acids is 1. The summed E-state index contributed by atoms with van der Waals surface area (Å²) in [6.45, 7) is 0. The van der Waals surface area contributed by atoms with Crippen molar-refractivity contribution in [2.75, 3.05) is 10.0 Å². The quantitative estimate of drug-likeness (QED) is 0.644. The summed E-state index contributed by atoms with van der Waals surface area (Å²) in [6, 6.07) is 19.3. The van der Waals surface area contributed by atoms with E-state index in [1.165, 1.54) is 36.4 Å². The Morgan fingerprint density at radius 3 is 2.07 bits per heavy atom. The topological polar surface area (TPSA) is 99.1 Å². The molecule has 0 aliphatic rings. The van der Waals surface area contributed by atoms with E-state index in [0.717, 1.165) is 17.7 Å². The van der Waals surface area contributed by atoms with Gasteiger partial charge in [-0.05, 0) is 66.2 Å². The van der Waals surface area contributed by atoms with E-state index in [1.807, 2.05) is 6.07 Å². The fourth-order valence-corrected chi connectivity index (χ4v) is 3.58. The minimum absolute atomic E-state index is 0.0285. The van der Waals surface area contributed by atoms with Crippen molar-refractivity contribution in [3.8, 4) is 6.07 Å². The second-order valence-corrected chi connectivity index (χ2v) is 7.81. The second kappa shape index (κ2) is 8.54. The molecule has 0 fully saturated rings. The molecule has 0 aliphatic carbocycles. The predicted octanol–water partition coefficient (Wildman–Crippen LogP) is 3.94. The number of halogens is 1. The first kappa shape index (κ1) is 20.0. The van der Waals surface area contributed by atoms with Crippen molar-refractivity contribution in [2.24, 2.45) is 0 Å². The highest BCUT2D eigenvalue weighted by molar-refractivity contribution is 7.92. The summed E-state index contributed by atoms with van der Waals surface area (Å²) in [7, 11) is -3.87. The smallest absolute Gasteiger partial charge is 0.261 e. The third-order valence-corrected chi connectivity index (χ3v) is 5.42. The molecule has 0 aromatic heterocycles. The van der Waals surface area contributed by atoms with Crippen molar-refractivity contribution in [3.63, 3.8) is 0 Å². The van der Waals surface area contributed by atoms with E-state index >= 15 is 0 Å². The van der Waals surface area contributed by atoms with Gasteiger partial charge in [-0.2, -0.15) is 5.26 Å². The third kappa shape index (κ3) is 5.18. The summed E-state index contributed by atoms with van der Waals surface area (Å²) < 4.78 is 40.1. The molecule has 0 atom stereocenters. The van der Waals surface area contributed by atoms with Crippen LogP contribution in [0.4, 0.5) is 15.8 Å². The lowest BCUT2D eigenvalue weighted by molar-refractivity contribution is 0.102. The first-order valence-corrected chi connectivity index (χ1v) is 10.0. The maximum absolute atomic E-state index is 12.9. The fraction of sp³-hybridized carbons (Fsp3) is 0.0476. The number of sulfonamides is 1. The Labute approximate surface area is 167 Å². The first-order valence-electron chi connectivity index (χ1n) is 8.53. The van der Waals surface area contributed by atoms with Crippen molar-refractivity contribution >= 4 is 27.3 Å². The Morgan fingerprint density at radius 1 is 0.897 bits per heavy atom. The molecule has 3 aromatic rings. The molecule has 0 heterocycles. The molecule has 0 aliphatic heterocycles. The number of benzene rings is 3. The number of rotatable bonds is 6. The van der Waals surface area contributed by atoms with Crippen molar-refractivity contribution < 1.29 is 17.6 Å². The molecule has 0 saturated carbocycles. The standard InChI is InChI=1S/C21H16FN3O3S/c22-17-5-9-19(10-6-17)25-29(27,28)20-11-3-16(4-12-20)21(26)24-18-7-1-15(2-8-18)13-14-23/h1-12,25H,13H2,(H,24,26). The van der Waals surface area contributed by atoms with Gasteiger partial charge in [-0.3, -0.25) is 9.52 Å². The molecular formula is C21H16FN3O3S. The third-order valence-electron chi connectivity index (χ3n) is 4.02. The number of nitrogens with zero attached hydrogens (tertiary/aromatic N) is 1. The van der Waals surface area contributed by atoms with E-state index in [1.54, 1.807) is 24.3 Å². The zero-order valence-electron chi connectivity index (χ0n) is 15.1. The summed E-state index contributed by atoms with van der Waals surface area (Å²) >= 11 is 0. The molecule has 0 bridgehead atoms. The van der Waals surface area contributed by atoms with E-state index in [9.17, 15) is 17.6 Å². The van der Waals surface area contributed by atoms with Gasteiger partial charge >= 0.3 is 0 Å². The van der Waals surface area contributed by atoms with Gasteiger partial charge in [0.2, 0.25) is 0 Å². The molecule has 0 unspecified atom stereocenters. The van der Waals surface area contributed by atoms with Crippen molar-refractivity contribution in [1.82, 2.24) is 0 Å². The first-order chi connectivity index (χ1) is 13.9. The van der Waals surface area contributed by atoms with Gasteiger partial charge in [-0.25, -0.2) is 12.8 Å². The van der Waals surface area contributed by atoms with Crippen molar-refractivity contribution in [2.45, 2.75) is 11.3 Å². The number of nitrogens with one attached hydrogen (secondary N) is 2. The molecule has 3 rings (SSSR count). The van der Waals surface area contributed by atoms with Crippen LogP contribution < -0.4 is 10.0 Å². The molecule has 146 valence electrons. The Hall–Kier alpha value is -3.70. The predicted molar refractivity (Wildman–Crippen MR) is 107 cm³/mol. The van der Waals surface area contributed by atoms with Crippen LogP contribution in [-0.4, -0.2) is 14.3 Å². The lowest BCUT2D eigenvalue weighted by Crippen LogP contribution is -2.14. The van der Waals surface area contributed by atoms with Crippen LogP contribution in [0.5, 0.6) is 0 Å². The van der Waals surface area contributed by atoms with E-state index in [4.69, 9.17) is 5.26 Å². The minimum atomic E-state index is -3.87. The summed E-state index contributed by atoms with van der Waals surface area (Å²) in [4.78, 5) is 12.3. The highest BCUT2D eigenvalue weighted by Crippen LogP contribution is 2.18. The van der Waals surface area contributed by atoms with Crippen LogP contribution in [0.25, 0.3) is 0 Å². The van der Waals surface area contributed by atoms with Crippen LogP contribution in [0.2, 0.25) is 0 Å².